The first-order valence-corrected chi connectivity index (χ1v) is 3.91. The molecule has 0 aliphatic heterocycles. The van der Waals surface area contributed by atoms with Gasteiger partial charge in [0.2, 0.25) is 12.2 Å². The van der Waals surface area contributed by atoms with Crippen LogP contribution < -0.4 is 0 Å². The molecule has 0 aromatic heterocycles. The van der Waals surface area contributed by atoms with E-state index in [1.807, 2.05) is 0 Å². The maximum absolute atomic E-state index is 8.35. The second-order valence-electron chi connectivity index (χ2n) is 0.204. The van der Waals surface area contributed by atoms with Crippen LogP contribution in [-0.4, -0.2) is 12.2 Å². The van der Waals surface area contributed by atoms with Crippen molar-refractivity contribution in [1.29, 1.82) is 10.8 Å². The first kappa shape index (κ1) is 59.1. The van der Waals surface area contributed by atoms with Gasteiger partial charge in [0.15, 0.2) is 0 Å². The van der Waals surface area contributed by atoms with E-state index in [1.54, 1.807) is 0 Å². The lowest BCUT2D eigenvalue weighted by molar-refractivity contribution is 0.562. The Morgan fingerprint density at radius 2 is 0.444 bits per heavy atom. The summed E-state index contributed by atoms with van der Waals surface area (Å²) in [6.45, 7) is 36.0. The van der Waals surface area contributed by atoms with Crippen LogP contribution in [-0.2, 0) is 9.59 Å². The molecule has 2 N–H and O–H groups in total. The molecule has 104 valence electrons. The van der Waals surface area contributed by atoms with Crippen molar-refractivity contribution >= 4 is 12.2 Å². The lowest BCUT2D eigenvalue weighted by Crippen LogP contribution is -1.16. The van der Waals surface area contributed by atoms with Crippen molar-refractivity contribution in [1.82, 2.24) is 0 Å². The summed E-state index contributed by atoms with van der Waals surface area (Å²) in [5, 5.41) is 10.8. The Labute approximate surface area is 112 Å². The first-order valence-electron chi connectivity index (χ1n) is 3.91. The van der Waals surface area contributed by atoms with Gasteiger partial charge in [0.1, 0.15) is 0 Å². The molecule has 0 rings (SSSR count). The number of rotatable bonds is 0. The zero-order chi connectivity index (χ0) is 17.4. The monoisotopic (exact) mass is 254 g/mol. The number of nitrogens with one attached hydrogen (secondary N) is 2. The topological polar surface area (TPSA) is 81.8 Å². The highest BCUT2D eigenvalue weighted by Crippen LogP contribution is 0.880. The van der Waals surface area contributed by atoms with Gasteiger partial charge >= 0.3 is 0 Å². The summed E-state index contributed by atoms with van der Waals surface area (Å²) >= 11 is 0. The predicted octanol–water partition coefficient (Wildman–Crippen LogP) is 4.62. The predicted molar refractivity (Wildman–Crippen MR) is 84.4 cm³/mol. The first-order chi connectivity index (χ1) is 8.83. The number of hydrogen-bond acceptors (Lipinski definition) is 4. The molecular formula is C14H26N2O2. The van der Waals surface area contributed by atoms with Crippen molar-refractivity contribution in [2.75, 3.05) is 0 Å². The molecule has 0 radical (unpaired) electrons. The van der Waals surface area contributed by atoms with Gasteiger partial charge in [0.05, 0.1) is 0 Å². The molecule has 0 atom stereocenters. The van der Waals surface area contributed by atoms with Gasteiger partial charge in [0.25, 0.3) is 0 Å². The highest BCUT2D eigenvalue weighted by atomic mass is 16.1. The van der Waals surface area contributed by atoms with Crippen LogP contribution in [0.4, 0.5) is 0 Å². The van der Waals surface area contributed by atoms with E-state index in [-0.39, 0.29) is 0 Å². The molecule has 18 heavy (non-hydrogen) atoms. The summed E-state index contributed by atoms with van der Waals surface area (Å²) in [5.74, 6) is 0. The van der Waals surface area contributed by atoms with Crippen molar-refractivity contribution in [2.45, 2.75) is 0 Å². The summed E-state index contributed by atoms with van der Waals surface area (Å²) in [6, 6.07) is 0. The molecule has 0 aliphatic carbocycles. The van der Waals surface area contributed by atoms with Crippen LogP contribution in [0.15, 0.2) is 78.9 Å². The van der Waals surface area contributed by atoms with Crippen LogP contribution in [0, 0.1) is 10.8 Å². The fourth-order valence-corrected chi connectivity index (χ4v) is 0. The minimum Gasteiger partial charge on any atom is -0.222 e. The third-order valence-corrected chi connectivity index (χ3v) is 0. The van der Waals surface area contributed by atoms with E-state index in [0.29, 0.717) is 0 Å². The van der Waals surface area contributed by atoms with E-state index in [9.17, 15) is 0 Å². The van der Waals surface area contributed by atoms with Gasteiger partial charge in [-0.2, -0.15) is 0 Å². The van der Waals surface area contributed by atoms with Gasteiger partial charge in [-0.15, -0.1) is 78.9 Å². The SMILES string of the molecule is C=C.C=C.C=C.C=C.C=C.C=C.N=C=O.N=C=O. The molecule has 0 aromatic carbocycles. The van der Waals surface area contributed by atoms with Crippen LogP contribution in [0.1, 0.15) is 0 Å². The smallest absolute Gasteiger partial charge is 0.222 e. The molecule has 0 saturated carbocycles. The number of isocyanates is 2. The molecule has 0 aromatic rings. The van der Waals surface area contributed by atoms with Gasteiger partial charge in [-0.1, -0.05) is 0 Å². The van der Waals surface area contributed by atoms with Crippen LogP contribution >= 0.6 is 0 Å². The molecule has 0 aliphatic rings. The van der Waals surface area contributed by atoms with Gasteiger partial charge < -0.3 is 0 Å². The molecule has 4 heteroatoms. The van der Waals surface area contributed by atoms with Crippen molar-refractivity contribution in [2.24, 2.45) is 0 Å². The quantitative estimate of drug-likeness (QED) is 0.376. The summed E-state index contributed by atoms with van der Waals surface area (Å²) in [6.07, 6.45) is 1.50. The maximum atomic E-state index is 8.35. The van der Waals surface area contributed by atoms with Crippen LogP contribution in [0.5, 0.6) is 0 Å². The fraction of sp³-hybridized carbons (Fsp3) is 0. The Morgan fingerprint density at radius 1 is 0.444 bits per heavy atom. The second-order valence-corrected chi connectivity index (χ2v) is 0.204. The highest BCUT2D eigenvalue weighted by molar-refractivity contribution is 5.26. The summed E-state index contributed by atoms with van der Waals surface area (Å²) < 4.78 is 0. The van der Waals surface area contributed by atoms with Crippen LogP contribution in [0.25, 0.3) is 0 Å². The summed E-state index contributed by atoms with van der Waals surface area (Å²) in [4.78, 5) is 16.7. The van der Waals surface area contributed by atoms with E-state index in [0.717, 1.165) is 12.2 Å². The van der Waals surface area contributed by atoms with Gasteiger partial charge in [-0.05, 0) is 0 Å². The molecule has 4 nitrogen and oxygen atoms in total. The molecule has 0 amide bonds. The minimum absolute atomic E-state index is 0.750. The standard InChI is InChI=1S/6C2H4.2CHNO/c6*1-2;2*2-1-3/h6*1-2H2;2*2H. The largest absolute Gasteiger partial charge is 0.231 e. The van der Waals surface area contributed by atoms with Gasteiger partial charge in [-0.3, -0.25) is 0 Å². The summed E-state index contributed by atoms with van der Waals surface area (Å²) in [7, 11) is 0. The van der Waals surface area contributed by atoms with E-state index in [2.05, 4.69) is 78.9 Å². The summed E-state index contributed by atoms with van der Waals surface area (Å²) in [5.41, 5.74) is 0. The molecule has 0 fully saturated rings. The second kappa shape index (κ2) is 3870. The third kappa shape index (κ3) is 251. The van der Waals surface area contributed by atoms with E-state index in [1.165, 1.54) is 0 Å². The number of hydrogen-bond donors (Lipinski definition) is 2. The van der Waals surface area contributed by atoms with Crippen LogP contribution in [0.2, 0.25) is 0 Å². The van der Waals surface area contributed by atoms with Crippen molar-refractivity contribution < 1.29 is 9.59 Å². The van der Waals surface area contributed by atoms with Crippen molar-refractivity contribution in [3.63, 3.8) is 0 Å². The van der Waals surface area contributed by atoms with E-state index in [4.69, 9.17) is 20.4 Å². The normalized spacial score (nSPS) is 2.22. The Balaban J connectivity index is -0.0000000107. The van der Waals surface area contributed by atoms with Crippen LogP contribution in [0.3, 0.4) is 0 Å². The van der Waals surface area contributed by atoms with E-state index >= 15 is 0 Å². The zero-order valence-corrected chi connectivity index (χ0v) is 11.3. The Morgan fingerprint density at radius 3 is 0.444 bits per heavy atom. The van der Waals surface area contributed by atoms with Crippen molar-refractivity contribution in [3.05, 3.63) is 78.9 Å². The van der Waals surface area contributed by atoms with Gasteiger partial charge in [-0.25, -0.2) is 20.4 Å². The van der Waals surface area contributed by atoms with Gasteiger partial charge in [0, 0.05) is 0 Å². The average molecular weight is 254 g/mol. The molecule has 0 heterocycles. The molecule has 0 bridgehead atoms. The highest BCUT2D eigenvalue weighted by Gasteiger charge is 1.04. The Kier molecular flexibility index (Phi) is 12700. The lowest BCUT2D eigenvalue weighted by Gasteiger charge is -1.02. The molecular weight excluding hydrogens is 228 g/mol. The molecule has 0 spiro atoms. The Hall–Kier alpha value is -2.80. The van der Waals surface area contributed by atoms with Crippen molar-refractivity contribution in [3.8, 4) is 0 Å². The molecule has 0 unspecified atom stereocenters. The Bertz CT molecular complexity index is 120. The number of carbonyl (C=O) groups excluding carboxylic acids is 2. The average Bonchev–Trinajstić information content (AvgIpc) is 2.52. The zero-order valence-electron chi connectivity index (χ0n) is 11.3. The third-order valence-electron chi connectivity index (χ3n) is 0. The lowest BCUT2D eigenvalue weighted by atomic mass is 11.3. The maximum Gasteiger partial charge on any atom is 0.231 e. The minimum atomic E-state index is 0.750. The fourth-order valence-electron chi connectivity index (χ4n) is 0. The van der Waals surface area contributed by atoms with E-state index < -0.39 is 0 Å². The molecule has 0 saturated heterocycles.